The van der Waals surface area contributed by atoms with Gasteiger partial charge in [-0.1, -0.05) is 0 Å². The number of nitrogens with one attached hydrogen (secondary N) is 2. The Bertz CT molecular complexity index is 1720. The summed E-state index contributed by atoms with van der Waals surface area (Å²) in [6, 6.07) is 9.28. The van der Waals surface area contributed by atoms with Gasteiger partial charge in [0.15, 0.2) is 5.78 Å². The highest BCUT2D eigenvalue weighted by Gasteiger charge is 2.44. The first-order chi connectivity index (χ1) is 20.4. The molecule has 1 aliphatic carbocycles. The number of amides is 2. The highest BCUT2D eigenvalue weighted by Crippen LogP contribution is 2.43. The predicted molar refractivity (Wildman–Crippen MR) is 152 cm³/mol. The number of likely N-dealkylation sites (tertiary alicyclic amines) is 1. The van der Waals surface area contributed by atoms with Crippen molar-refractivity contribution in [2.24, 2.45) is 0 Å². The smallest absolute Gasteiger partial charge is 0.254 e. The van der Waals surface area contributed by atoms with E-state index in [4.69, 9.17) is 9.47 Å². The standard InChI is InChI=1S/C30H31N7O5/c1-3-41-25-14-18(13-22-26(25)21(28(39)31-2)16-37(22)19-5-6-19)29(40)36-10-8-30(9-11-36)15-23(38)20-12-17(4-7-24(20)42-30)27-32-34-35-33-27/h4,7,12-14,16,19H,3,5-6,8-11,15H2,1-2H3,(H,31,39)(H,32,33,34,35). The molecular weight excluding hydrogens is 538 g/mol. The number of tetrazole rings is 1. The van der Waals surface area contributed by atoms with Gasteiger partial charge in [0, 0.05) is 56.3 Å². The van der Waals surface area contributed by atoms with Gasteiger partial charge < -0.3 is 24.3 Å². The number of H-pyrrole nitrogens is 1. The minimum Gasteiger partial charge on any atom is -0.493 e. The van der Waals surface area contributed by atoms with Crippen molar-refractivity contribution in [3.8, 4) is 22.9 Å². The van der Waals surface area contributed by atoms with Gasteiger partial charge in [0.1, 0.15) is 17.1 Å². The van der Waals surface area contributed by atoms with Gasteiger partial charge in [-0.25, -0.2) is 0 Å². The molecule has 0 radical (unpaired) electrons. The van der Waals surface area contributed by atoms with Crippen molar-refractivity contribution < 1.29 is 23.9 Å². The van der Waals surface area contributed by atoms with Crippen LogP contribution in [0.15, 0.2) is 36.5 Å². The van der Waals surface area contributed by atoms with Crippen LogP contribution in [0.4, 0.5) is 0 Å². The van der Waals surface area contributed by atoms with E-state index < -0.39 is 5.60 Å². The minimum atomic E-state index is -0.655. The van der Waals surface area contributed by atoms with Crippen molar-refractivity contribution in [2.45, 2.75) is 50.7 Å². The Morgan fingerprint density at radius 2 is 2.00 bits per heavy atom. The molecule has 0 bridgehead atoms. The van der Waals surface area contributed by atoms with Crippen LogP contribution in [0.1, 0.15) is 76.1 Å². The van der Waals surface area contributed by atoms with Crippen LogP contribution < -0.4 is 14.8 Å². The Labute approximate surface area is 241 Å². The Morgan fingerprint density at radius 3 is 2.69 bits per heavy atom. The Kier molecular flexibility index (Phi) is 6.21. The van der Waals surface area contributed by atoms with E-state index >= 15 is 0 Å². The van der Waals surface area contributed by atoms with Crippen LogP contribution in [0.25, 0.3) is 22.3 Å². The molecule has 3 aliphatic rings. The van der Waals surface area contributed by atoms with E-state index in [0.717, 1.165) is 23.7 Å². The number of hydrogen-bond acceptors (Lipinski definition) is 8. The first-order valence-corrected chi connectivity index (χ1v) is 14.3. The lowest BCUT2D eigenvalue weighted by atomic mass is 9.82. The molecule has 216 valence electrons. The van der Waals surface area contributed by atoms with Gasteiger partial charge >= 0.3 is 0 Å². The van der Waals surface area contributed by atoms with E-state index in [2.05, 4.69) is 30.5 Å². The molecule has 2 aromatic carbocycles. The third-order valence-corrected chi connectivity index (χ3v) is 8.51. The number of aromatic amines is 1. The van der Waals surface area contributed by atoms with Crippen LogP contribution in [0.3, 0.4) is 0 Å². The molecule has 2 aliphatic heterocycles. The van der Waals surface area contributed by atoms with Crippen molar-refractivity contribution in [1.82, 2.24) is 35.4 Å². The fourth-order valence-electron chi connectivity index (χ4n) is 6.20. The van der Waals surface area contributed by atoms with Crippen LogP contribution in [0.5, 0.6) is 11.5 Å². The SMILES string of the molecule is CCOc1cc(C(=O)N2CCC3(CC2)CC(=O)c2cc(-c4nn[nH]n4)ccc2O3)cc2c1c(C(=O)NC)cn2C1CC1. The van der Waals surface area contributed by atoms with Crippen LogP contribution >= 0.6 is 0 Å². The average molecular weight is 570 g/mol. The number of rotatable bonds is 6. The quantitative estimate of drug-likeness (QED) is 0.359. The van der Waals surface area contributed by atoms with E-state index in [-0.39, 0.29) is 24.0 Å². The monoisotopic (exact) mass is 569 g/mol. The summed E-state index contributed by atoms with van der Waals surface area (Å²) in [7, 11) is 1.61. The van der Waals surface area contributed by atoms with Crippen LogP contribution in [-0.4, -0.2) is 80.0 Å². The number of carbonyl (C=O) groups excluding carboxylic acids is 3. The number of ketones is 1. The number of fused-ring (bicyclic) bond motifs is 2. The lowest BCUT2D eigenvalue weighted by Crippen LogP contribution is -2.52. The molecule has 7 rings (SSSR count). The fourth-order valence-corrected chi connectivity index (χ4v) is 6.20. The lowest BCUT2D eigenvalue weighted by Gasteiger charge is -2.44. The van der Waals surface area contributed by atoms with E-state index in [1.54, 1.807) is 25.2 Å². The topological polar surface area (TPSA) is 144 Å². The van der Waals surface area contributed by atoms with Crippen LogP contribution in [-0.2, 0) is 0 Å². The molecule has 4 heterocycles. The van der Waals surface area contributed by atoms with Gasteiger partial charge in [0.05, 0.1) is 35.1 Å². The van der Waals surface area contributed by atoms with Gasteiger partial charge in [-0.2, -0.15) is 5.21 Å². The second-order valence-electron chi connectivity index (χ2n) is 11.2. The second kappa shape index (κ2) is 9.97. The van der Waals surface area contributed by atoms with Crippen molar-refractivity contribution in [2.75, 3.05) is 26.7 Å². The highest BCUT2D eigenvalue weighted by atomic mass is 16.5. The molecular formula is C30H31N7O5. The van der Waals surface area contributed by atoms with Crippen molar-refractivity contribution in [1.29, 1.82) is 0 Å². The summed E-state index contributed by atoms with van der Waals surface area (Å²) in [5.41, 5.74) is 2.44. The first kappa shape index (κ1) is 26.2. The Morgan fingerprint density at radius 1 is 1.19 bits per heavy atom. The zero-order chi connectivity index (χ0) is 29.0. The third kappa shape index (κ3) is 4.38. The molecule has 0 atom stereocenters. The van der Waals surface area contributed by atoms with Gasteiger partial charge in [-0.15, -0.1) is 10.2 Å². The van der Waals surface area contributed by atoms with Crippen molar-refractivity contribution in [3.63, 3.8) is 0 Å². The lowest BCUT2D eigenvalue weighted by molar-refractivity contribution is -0.00571. The number of ether oxygens (including phenoxy) is 2. The van der Waals surface area contributed by atoms with Gasteiger partial charge in [0.25, 0.3) is 11.8 Å². The number of hydrogen-bond donors (Lipinski definition) is 2. The Balaban J connectivity index is 1.13. The predicted octanol–water partition coefficient (Wildman–Crippen LogP) is 3.55. The number of Topliss-reactive ketones (excluding diaryl/α,β-unsaturated/α-hetero) is 1. The van der Waals surface area contributed by atoms with E-state index in [0.29, 0.717) is 78.2 Å². The second-order valence-corrected chi connectivity index (χ2v) is 11.2. The number of carbonyl (C=O) groups is 3. The molecule has 1 saturated heterocycles. The Hall–Kier alpha value is -4.74. The fraction of sp³-hybridized carbons (Fsp3) is 0.400. The average Bonchev–Trinajstić information content (AvgIpc) is 3.54. The molecule has 12 heteroatoms. The molecule has 2 amide bonds. The summed E-state index contributed by atoms with van der Waals surface area (Å²) >= 11 is 0. The third-order valence-electron chi connectivity index (χ3n) is 8.51. The maximum absolute atomic E-state index is 13.8. The van der Waals surface area contributed by atoms with Gasteiger partial charge in [-0.05, 0) is 55.3 Å². The summed E-state index contributed by atoms with van der Waals surface area (Å²) < 4.78 is 14.5. The maximum atomic E-state index is 13.8. The van der Waals surface area contributed by atoms with E-state index in [1.165, 1.54) is 0 Å². The number of aromatic nitrogens is 5. The summed E-state index contributed by atoms with van der Waals surface area (Å²) in [5.74, 6) is 1.19. The number of piperidine rings is 1. The highest BCUT2D eigenvalue weighted by molar-refractivity contribution is 6.11. The summed E-state index contributed by atoms with van der Waals surface area (Å²) in [6.07, 6.45) is 5.27. The summed E-state index contributed by atoms with van der Waals surface area (Å²) in [4.78, 5) is 41.6. The zero-order valence-electron chi connectivity index (χ0n) is 23.5. The van der Waals surface area contributed by atoms with Gasteiger partial charge in [-0.3, -0.25) is 14.4 Å². The first-order valence-electron chi connectivity index (χ1n) is 14.3. The molecule has 4 aromatic rings. The molecule has 42 heavy (non-hydrogen) atoms. The van der Waals surface area contributed by atoms with E-state index in [9.17, 15) is 14.4 Å². The van der Waals surface area contributed by atoms with Crippen molar-refractivity contribution >= 4 is 28.5 Å². The van der Waals surface area contributed by atoms with Crippen molar-refractivity contribution in [3.05, 3.63) is 53.2 Å². The van der Waals surface area contributed by atoms with Crippen LogP contribution in [0.2, 0.25) is 0 Å². The molecule has 12 nitrogen and oxygen atoms in total. The number of nitrogens with zero attached hydrogens (tertiary/aromatic N) is 5. The number of benzene rings is 2. The molecule has 1 saturated carbocycles. The zero-order valence-corrected chi connectivity index (χ0v) is 23.5. The summed E-state index contributed by atoms with van der Waals surface area (Å²) in [6.45, 7) is 3.21. The molecule has 2 aromatic heterocycles. The van der Waals surface area contributed by atoms with Gasteiger partial charge in [0.2, 0.25) is 5.82 Å². The van der Waals surface area contributed by atoms with Crippen LogP contribution in [0, 0.1) is 0 Å². The van der Waals surface area contributed by atoms with E-state index in [1.807, 2.05) is 30.2 Å². The normalized spacial score (nSPS) is 17.7. The minimum absolute atomic E-state index is 0.000868. The molecule has 0 unspecified atom stereocenters. The molecule has 2 fully saturated rings. The maximum Gasteiger partial charge on any atom is 0.254 e. The largest absolute Gasteiger partial charge is 0.493 e. The molecule has 2 N–H and O–H groups in total. The molecule has 1 spiro atoms. The summed E-state index contributed by atoms with van der Waals surface area (Å²) in [5, 5.41) is 17.4.